The second-order valence-corrected chi connectivity index (χ2v) is 8.56. The summed E-state index contributed by atoms with van der Waals surface area (Å²) in [6.07, 6.45) is 3.92. The minimum atomic E-state index is -0.962. The summed E-state index contributed by atoms with van der Waals surface area (Å²) in [4.78, 5) is 42.3. The molecule has 1 heterocycles. The number of H-pyrrole nitrogens is 1. The summed E-state index contributed by atoms with van der Waals surface area (Å²) in [5, 5.41) is 17.3. The number of aromatic amines is 1. The molecule has 0 saturated heterocycles. The lowest BCUT2D eigenvalue weighted by Gasteiger charge is -2.16. The van der Waals surface area contributed by atoms with Crippen LogP contribution in [0, 0.1) is 10.1 Å². The Morgan fingerprint density at radius 2 is 1.73 bits per heavy atom. The molecule has 1 aromatic heterocycles. The number of benzene rings is 3. The Morgan fingerprint density at radius 3 is 2.40 bits per heavy atom. The van der Waals surface area contributed by atoms with Crippen molar-refractivity contribution >= 4 is 23.9 Å². The monoisotopic (exact) mass is 542 g/mol. The van der Waals surface area contributed by atoms with Crippen molar-refractivity contribution in [2.45, 2.75) is 25.7 Å². The highest BCUT2D eigenvalue weighted by atomic mass is 16.6. The average Bonchev–Trinajstić information content (AvgIpc) is 3.49. The number of ether oxygens (including phenoxy) is 2. The van der Waals surface area contributed by atoms with Gasteiger partial charge in [-0.25, -0.2) is 15.2 Å². The third kappa shape index (κ3) is 8.52. The molecule has 12 nitrogen and oxygen atoms in total. The van der Waals surface area contributed by atoms with E-state index in [9.17, 15) is 19.7 Å². The number of non-ortho nitro benzene ring substituents is 1. The van der Waals surface area contributed by atoms with Gasteiger partial charge in [-0.2, -0.15) is 5.10 Å². The third-order valence-electron chi connectivity index (χ3n) is 5.62. The number of rotatable bonds is 12. The molecule has 0 radical (unpaired) electrons. The van der Waals surface area contributed by atoms with Crippen molar-refractivity contribution in [3.05, 3.63) is 124 Å². The first-order valence-corrected chi connectivity index (χ1v) is 12.2. The van der Waals surface area contributed by atoms with Crippen molar-refractivity contribution in [3.8, 4) is 5.75 Å². The number of imidazole rings is 1. The quantitative estimate of drug-likeness (QED) is 0.139. The summed E-state index contributed by atoms with van der Waals surface area (Å²) in [6.45, 7) is 0.316. The molecule has 0 fully saturated rings. The molecule has 204 valence electrons. The topological polar surface area (TPSA) is 161 Å². The van der Waals surface area contributed by atoms with Crippen molar-refractivity contribution in [2.24, 2.45) is 5.10 Å². The van der Waals surface area contributed by atoms with Crippen LogP contribution in [-0.2, 0) is 29.2 Å². The van der Waals surface area contributed by atoms with E-state index < -0.39 is 23.0 Å². The molecule has 0 unspecified atom stereocenters. The Balaban J connectivity index is 1.28. The van der Waals surface area contributed by atoms with Crippen LogP contribution in [0.2, 0.25) is 0 Å². The summed E-state index contributed by atoms with van der Waals surface area (Å²) in [6, 6.07) is 21.3. The molecule has 0 aliphatic heterocycles. The number of nitro groups is 1. The lowest BCUT2D eigenvalue weighted by atomic mass is 10.1. The fraction of sp³-hybridized carbons (Fsp3) is 0.143. The van der Waals surface area contributed by atoms with E-state index in [-0.39, 0.29) is 25.3 Å². The van der Waals surface area contributed by atoms with Crippen LogP contribution in [0.25, 0.3) is 0 Å². The Labute approximate surface area is 229 Å². The van der Waals surface area contributed by atoms with E-state index in [1.807, 2.05) is 30.3 Å². The molecule has 40 heavy (non-hydrogen) atoms. The zero-order chi connectivity index (χ0) is 28.2. The molecule has 4 rings (SSSR count). The van der Waals surface area contributed by atoms with Crippen LogP contribution in [0.4, 0.5) is 10.5 Å². The molecule has 0 bridgehead atoms. The number of amides is 2. The molecule has 1 atom stereocenters. The summed E-state index contributed by atoms with van der Waals surface area (Å²) in [5.74, 6) is 0.0583. The fourth-order valence-corrected chi connectivity index (χ4v) is 3.51. The second-order valence-electron chi connectivity index (χ2n) is 8.56. The maximum Gasteiger partial charge on any atom is 0.408 e. The maximum absolute atomic E-state index is 12.8. The van der Waals surface area contributed by atoms with Crippen molar-refractivity contribution in [1.29, 1.82) is 0 Å². The van der Waals surface area contributed by atoms with Crippen molar-refractivity contribution < 1.29 is 24.0 Å². The van der Waals surface area contributed by atoms with Crippen LogP contribution in [0.1, 0.15) is 22.4 Å². The van der Waals surface area contributed by atoms with Gasteiger partial charge >= 0.3 is 6.09 Å². The lowest BCUT2D eigenvalue weighted by molar-refractivity contribution is -0.384. The minimum absolute atomic E-state index is 0.0193. The Kier molecular flexibility index (Phi) is 9.53. The zero-order valence-corrected chi connectivity index (χ0v) is 21.2. The number of alkyl carbamates (subject to hydrolysis) is 1. The van der Waals surface area contributed by atoms with Crippen LogP contribution in [0.3, 0.4) is 0 Å². The highest BCUT2D eigenvalue weighted by Gasteiger charge is 2.22. The number of nitrogens with zero attached hydrogens (tertiary/aromatic N) is 3. The second kappa shape index (κ2) is 13.9. The molecule has 2 amide bonds. The molecule has 0 aliphatic carbocycles. The van der Waals surface area contributed by atoms with Gasteiger partial charge < -0.3 is 19.8 Å². The predicted molar refractivity (Wildman–Crippen MR) is 145 cm³/mol. The lowest BCUT2D eigenvalue weighted by Crippen LogP contribution is -2.47. The average molecular weight is 543 g/mol. The molecule has 0 saturated carbocycles. The highest BCUT2D eigenvalue weighted by molar-refractivity contribution is 5.87. The van der Waals surface area contributed by atoms with Gasteiger partial charge in [-0.1, -0.05) is 30.3 Å². The van der Waals surface area contributed by atoms with Crippen LogP contribution >= 0.6 is 0 Å². The molecule has 0 aliphatic rings. The zero-order valence-electron chi connectivity index (χ0n) is 21.2. The van der Waals surface area contributed by atoms with Gasteiger partial charge in [0.1, 0.15) is 25.0 Å². The van der Waals surface area contributed by atoms with Gasteiger partial charge in [0.15, 0.2) is 0 Å². The van der Waals surface area contributed by atoms with Gasteiger partial charge in [0, 0.05) is 30.4 Å². The first-order valence-electron chi connectivity index (χ1n) is 12.2. The molecule has 4 aromatic rings. The number of carbonyl (C=O) groups is 2. The molecule has 12 heteroatoms. The van der Waals surface area contributed by atoms with Crippen molar-refractivity contribution in [3.63, 3.8) is 0 Å². The SMILES string of the molecule is O=C(N[C@@H](Cc1cnc[nH]1)C(=O)N/N=C\c1ccc(OCc2ccc([N+](=O)[O-])cc2)cc1)OCc1ccccc1. The number of hydrogen-bond acceptors (Lipinski definition) is 8. The van der Waals surface area contributed by atoms with E-state index in [2.05, 4.69) is 25.8 Å². The Bertz CT molecular complexity index is 1420. The predicted octanol–water partition coefficient (Wildman–Crippen LogP) is 3.88. The summed E-state index contributed by atoms with van der Waals surface area (Å²) < 4.78 is 11.0. The van der Waals surface area contributed by atoms with E-state index in [0.29, 0.717) is 17.0 Å². The number of hydrazone groups is 1. The maximum atomic E-state index is 12.8. The number of hydrogen-bond donors (Lipinski definition) is 3. The highest BCUT2D eigenvalue weighted by Crippen LogP contribution is 2.16. The first-order chi connectivity index (χ1) is 19.5. The summed E-state index contributed by atoms with van der Waals surface area (Å²) in [7, 11) is 0. The van der Waals surface area contributed by atoms with E-state index in [0.717, 1.165) is 11.1 Å². The van der Waals surface area contributed by atoms with Crippen LogP contribution in [0.5, 0.6) is 5.75 Å². The largest absolute Gasteiger partial charge is 0.489 e. The Hall–Kier alpha value is -5.52. The van der Waals surface area contributed by atoms with Crippen LogP contribution < -0.4 is 15.5 Å². The molecule has 3 N–H and O–H groups in total. The molecule has 3 aromatic carbocycles. The normalized spacial score (nSPS) is 11.5. The standard InChI is InChI=1S/C28H26N6O6/c35-27(26(14-23-16-29-19-30-23)32-28(36)40-18-21-4-2-1-3-5-21)33-31-15-20-8-12-25(13-9-20)39-17-22-6-10-24(11-7-22)34(37)38/h1-13,15-16,19,26H,14,17-18H2,(H,29,30)(H,32,36)(H,33,35)/b31-15-/t26-/m0/s1. The van der Waals surface area contributed by atoms with Gasteiger partial charge in [-0.05, 0) is 53.1 Å². The fourth-order valence-electron chi connectivity index (χ4n) is 3.51. The van der Waals surface area contributed by atoms with Gasteiger partial charge in [0.25, 0.3) is 11.6 Å². The third-order valence-corrected chi connectivity index (χ3v) is 5.62. The molecule has 0 spiro atoms. The first kappa shape index (κ1) is 27.5. The van der Waals surface area contributed by atoms with E-state index in [1.165, 1.54) is 24.7 Å². The van der Waals surface area contributed by atoms with Gasteiger partial charge in [-0.15, -0.1) is 0 Å². The minimum Gasteiger partial charge on any atom is -0.489 e. The van der Waals surface area contributed by atoms with E-state index in [1.54, 1.807) is 42.6 Å². The van der Waals surface area contributed by atoms with Gasteiger partial charge in [0.2, 0.25) is 0 Å². The number of nitrogens with one attached hydrogen (secondary N) is 3. The van der Waals surface area contributed by atoms with Crippen molar-refractivity contribution in [1.82, 2.24) is 20.7 Å². The van der Waals surface area contributed by atoms with Gasteiger partial charge in [-0.3, -0.25) is 14.9 Å². The smallest absolute Gasteiger partial charge is 0.408 e. The van der Waals surface area contributed by atoms with Crippen LogP contribution in [-0.4, -0.2) is 39.1 Å². The number of carbonyl (C=O) groups excluding carboxylic acids is 2. The van der Waals surface area contributed by atoms with E-state index >= 15 is 0 Å². The summed E-state index contributed by atoms with van der Waals surface area (Å²) in [5.41, 5.74) is 5.42. The molecular formula is C28H26N6O6. The van der Waals surface area contributed by atoms with Crippen molar-refractivity contribution in [2.75, 3.05) is 0 Å². The summed E-state index contributed by atoms with van der Waals surface area (Å²) >= 11 is 0. The van der Waals surface area contributed by atoms with Crippen LogP contribution in [0.15, 0.2) is 96.5 Å². The van der Waals surface area contributed by atoms with Gasteiger partial charge in [0.05, 0.1) is 17.5 Å². The van der Waals surface area contributed by atoms with E-state index in [4.69, 9.17) is 9.47 Å². The number of nitro benzene ring substituents is 1. The Morgan fingerprint density at radius 1 is 1.00 bits per heavy atom. The molecular weight excluding hydrogens is 516 g/mol. The number of aromatic nitrogens is 2.